The van der Waals surface area contributed by atoms with E-state index in [9.17, 15) is 10.1 Å². The molecular weight excluding hydrogens is 262 g/mol. The molecule has 0 spiro atoms. The highest BCUT2D eigenvalue weighted by Gasteiger charge is 2.16. The van der Waals surface area contributed by atoms with Gasteiger partial charge in [0.15, 0.2) is 0 Å². The Hall–Kier alpha value is -3.19. The molecule has 0 fully saturated rings. The first-order chi connectivity index (χ1) is 10.3. The lowest BCUT2D eigenvalue weighted by Gasteiger charge is -1.98. The van der Waals surface area contributed by atoms with Crippen LogP contribution in [0.25, 0.3) is 17.0 Å². The van der Waals surface area contributed by atoms with Gasteiger partial charge in [-0.3, -0.25) is 9.78 Å². The van der Waals surface area contributed by atoms with Crippen molar-refractivity contribution < 1.29 is 4.79 Å². The van der Waals surface area contributed by atoms with Gasteiger partial charge in [-0.25, -0.2) is 0 Å². The van der Waals surface area contributed by atoms with E-state index in [2.05, 4.69) is 9.97 Å². The fourth-order valence-electron chi connectivity index (χ4n) is 2.16. The summed E-state index contributed by atoms with van der Waals surface area (Å²) >= 11 is 0. The molecule has 2 heterocycles. The lowest BCUT2D eigenvalue weighted by Crippen LogP contribution is -2.01. The minimum absolute atomic E-state index is 0.0680. The number of nitrogens with zero attached hydrogens (tertiary/aromatic N) is 2. The molecule has 1 aromatic carbocycles. The monoisotopic (exact) mass is 273 g/mol. The van der Waals surface area contributed by atoms with Gasteiger partial charge in [-0.05, 0) is 24.3 Å². The van der Waals surface area contributed by atoms with Crippen molar-refractivity contribution in [2.75, 3.05) is 0 Å². The fourth-order valence-corrected chi connectivity index (χ4v) is 2.16. The summed E-state index contributed by atoms with van der Waals surface area (Å²) in [6.45, 7) is 0. The van der Waals surface area contributed by atoms with Crippen molar-refractivity contribution in [3.63, 3.8) is 0 Å². The number of para-hydroxylation sites is 1. The number of rotatable bonds is 3. The summed E-state index contributed by atoms with van der Waals surface area (Å²) in [6, 6.07) is 14.8. The van der Waals surface area contributed by atoms with Crippen LogP contribution in [0.4, 0.5) is 0 Å². The average Bonchev–Trinajstić information content (AvgIpc) is 2.97. The van der Waals surface area contributed by atoms with Crippen molar-refractivity contribution in [2.45, 2.75) is 0 Å². The molecule has 2 aromatic heterocycles. The first-order valence-electron chi connectivity index (χ1n) is 6.43. The number of nitrogens with one attached hydrogen (secondary N) is 1. The predicted octanol–water partition coefficient (Wildman–Crippen LogP) is 3.35. The summed E-state index contributed by atoms with van der Waals surface area (Å²) < 4.78 is 0. The molecule has 21 heavy (non-hydrogen) atoms. The number of carbonyl (C=O) groups excluding carboxylic acids is 1. The van der Waals surface area contributed by atoms with Crippen molar-refractivity contribution >= 4 is 22.8 Å². The number of pyridine rings is 1. The van der Waals surface area contributed by atoms with Crippen LogP contribution < -0.4 is 0 Å². The third-order valence-corrected chi connectivity index (χ3v) is 3.18. The maximum absolute atomic E-state index is 12.5. The Morgan fingerprint density at radius 1 is 1.19 bits per heavy atom. The largest absolute Gasteiger partial charge is 0.360 e. The summed E-state index contributed by atoms with van der Waals surface area (Å²) in [4.78, 5) is 19.7. The number of allylic oxidation sites excluding steroid dienone is 1. The SMILES string of the molecule is N#C/C(=C\c1ccccn1)C(=O)c1c[nH]c2ccccc12. The van der Waals surface area contributed by atoms with E-state index in [1.165, 1.54) is 6.08 Å². The highest BCUT2D eigenvalue weighted by atomic mass is 16.1. The molecule has 0 bridgehead atoms. The zero-order chi connectivity index (χ0) is 14.7. The summed E-state index contributed by atoms with van der Waals surface area (Å²) in [5.41, 5.74) is 2.02. The number of aromatic amines is 1. The number of aromatic nitrogens is 2. The molecule has 0 atom stereocenters. The first-order valence-corrected chi connectivity index (χ1v) is 6.43. The molecule has 3 aromatic rings. The van der Waals surface area contributed by atoms with Crippen LogP contribution in [0.15, 0.2) is 60.4 Å². The number of fused-ring (bicyclic) bond motifs is 1. The molecule has 0 aliphatic rings. The number of nitriles is 1. The van der Waals surface area contributed by atoms with Crippen molar-refractivity contribution in [3.8, 4) is 6.07 Å². The van der Waals surface area contributed by atoms with Gasteiger partial charge >= 0.3 is 0 Å². The highest BCUT2D eigenvalue weighted by Crippen LogP contribution is 2.21. The summed E-state index contributed by atoms with van der Waals surface area (Å²) in [5.74, 6) is -0.305. The van der Waals surface area contributed by atoms with Gasteiger partial charge in [0.1, 0.15) is 11.6 Å². The second-order valence-corrected chi connectivity index (χ2v) is 4.50. The third-order valence-electron chi connectivity index (χ3n) is 3.18. The van der Waals surface area contributed by atoms with Crippen LogP contribution in [0.5, 0.6) is 0 Å². The van der Waals surface area contributed by atoms with Gasteiger partial charge in [-0.2, -0.15) is 5.26 Å². The second-order valence-electron chi connectivity index (χ2n) is 4.50. The summed E-state index contributed by atoms with van der Waals surface area (Å²) in [6.07, 6.45) is 4.76. The van der Waals surface area contributed by atoms with Gasteiger partial charge in [0.05, 0.1) is 5.69 Å². The Balaban J connectivity index is 2.04. The molecule has 0 aliphatic carbocycles. The van der Waals surface area contributed by atoms with Crippen LogP contribution in [-0.2, 0) is 0 Å². The number of ketones is 1. The van der Waals surface area contributed by atoms with Crippen LogP contribution in [0.2, 0.25) is 0 Å². The zero-order valence-electron chi connectivity index (χ0n) is 11.1. The Morgan fingerprint density at radius 2 is 2.00 bits per heavy atom. The maximum atomic E-state index is 12.5. The molecule has 3 rings (SSSR count). The van der Waals surface area contributed by atoms with Crippen molar-refractivity contribution in [2.24, 2.45) is 0 Å². The van der Waals surface area contributed by atoms with Crippen molar-refractivity contribution in [1.29, 1.82) is 5.26 Å². The Kier molecular flexibility index (Phi) is 3.32. The smallest absolute Gasteiger partial charge is 0.205 e. The molecule has 4 nitrogen and oxygen atoms in total. The molecule has 0 amide bonds. The fraction of sp³-hybridized carbons (Fsp3) is 0. The topological polar surface area (TPSA) is 69.5 Å². The molecule has 0 unspecified atom stereocenters. The van der Waals surface area contributed by atoms with E-state index in [0.29, 0.717) is 11.3 Å². The average molecular weight is 273 g/mol. The number of hydrogen-bond donors (Lipinski definition) is 1. The lowest BCUT2D eigenvalue weighted by atomic mass is 10.0. The Labute approximate surface area is 121 Å². The Bertz CT molecular complexity index is 870. The van der Waals surface area contributed by atoms with Crippen LogP contribution in [0.3, 0.4) is 0 Å². The van der Waals surface area contributed by atoms with E-state index in [1.54, 1.807) is 24.5 Å². The normalized spacial score (nSPS) is 11.3. The zero-order valence-corrected chi connectivity index (χ0v) is 11.1. The van der Waals surface area contributed by atoms with Crippen LogP contribution >= 0.6 is 0 Å². The molecule has 0 aliphatic heterocycles. The standard InChI is InChI=1S/C17H11N3O/c18-10-12(9-13-5-3-4-8-19-13)17(21)15-11-20-16-7-2-1-6-14(15)16/h1-9,11,20H/b12-9+. The van der Waals surface area contributed by atoms with Gasteiger partial charge in [-0.1, -0.05) is 24.3 Å². The second kappa shape index (κ2) is 5.43. The number of hydrogen-bond acceptors (Lipinski definition) is 3. The molecule has 100 valence electrons. The Morgan fingerprint density at radius 3 is 2.76 bits per heavy atom. The van der Waals surface area contributed by atoms with Crippen LogP contribution in [0.1, 0.15) is 16.1 Å². The number of carbonyl (C=O) groups is 1. The number of benzene rings is 1. The van der Waals surface area contributed by atoms with Gasteiger partial charge < -0.3 is 4.98 Å². The lowest BCUT2D eigenvalue weighted by molar-refractivity contribution is 0.104. The molecular formula is C17H11N3O. The van der Waals surface area contributed by atoms with Crippen LogP contribution in [0, 0.1) is 11.3 Å². The summed E-state index contributed by atoms with van der Waals surface area (Å²) in [7, 11) is 0. The van der Waals surface area contributed by atoms with E-state index >= 15 is 0 Å². The van der Waals surface area contributed by atoms with Crippen LogP contribution in [-0.4, -0.2) is 15.8 Å². The molecule has 4 heteroatoms. The van der Waals surface area contributed by atoms with Gasteiger partial charge in [0.25, 0.3) is 0 Å². The van der Waals surface area contributed by atoms with E-state index in [4.69, 9.17) is 0 Å². The molecule has 1 N–H and O–H groups in total. The minimum Gasteiger partial charge on any atom is -0.360 e. The van der Waals surface area contributed by atoms with E-state index < -0.39 is 0 Å². The highest BCUT2D eigenvalue weighted by molar-refractivity contribution is 6.19. The first kappa shape index (κ1) is 12.8. The van der Waals surface area contributed by atoms with Gasteiger partial charge in [0.2, 0.25) is 5.78 Å². The number of H-pyrrole nitrogens is 1. The van der Waals surface area contributed by atoms with E-state index in [1.807, 2.05) is 36.4 Å². The van der Waals surface area contributed by atoms with Gasteiger partial charge in [-0.15, -0.1) is 0 Å². The summed E-state index contributed by atoms with van der Waals surface area (Å²) in [5, 5.41) is 10.1. The molecule has 0 radical (unpaired) electrons. The molecule has 0 saturated heterocycles. The van der Waals surface area contributed by atoms with E-state index in [0.717, 1.165) is 10.9 Å². The third kappa shape index (κ3) is 2.45. The van der Waals surface area contributed by atoms with Crippen molar-refractivity contribution in [3.05, 3.63) is 71.7 Å². The van der Waals surface area contributed by atoms with Crippen molar-refractivity contribution in [1.82, 2.24) is 9.97 Å². The maximum Gasteiger partial charge on any atom is 0.205 e. The molecule has 0 saturated carbocycles. The minimum atomic E-state index is -0.305. The predicted molar refractivity (Wildman–Crippen MR) is 80.5 cm³/mol. The number of Topliss-reactive ketones (excluding diaryl/α,β-unsaturated/α-hetero) is 1. The van der Waals surface area contributed by atoms with Gasteiger partial charge in [0, 0.05) is 28.9 Å². The van der Waals surface area contributed by atoms with E-state index in [-0.39, 0.29) is 11.4 Å². The quantitative estimate of drug-likeness (QED) is 0.452.